The molecule has 0 amide bonds. The van der Waals surface area contributed by atoms with Crippen molar-refractivity contribution < 1.29 is 9.63 Å². The normalized spacial score (nSPS) is 22.6. The Morgan fingerprint density at radius 2 is 2.36 bits per heavy atom. The molecule has 2 aromatic heterocycles. The van der Waals surface area contributed by atoms with Crippen molar-refractivity contribution in [2.24, 2.45) is 0 Å². The van der Waals surface area contributed by atoms with Gasteiger partial charge in [0.05, 0.1) is 23.9 Å². The highest BCUT2D eigenvalue weighted by atomic mass is 16.5. The van der Waals surface area contributed by atoms with E-state index >= 15 is 0 Å². The first-order valence-electron chi connectivity index (χ1n) is 7.33. The van der Waals surface area contributed by atoms with E-state index in [0.717, 1.165) is 23.0 Å². The quantitative estimate of drug-likeness (QED) is 0.762. The first-order valence-corrected chi connectivity index (χ1v) is 7.33. The van der Waals surface area contributed by atoms with Gasteiger partial charge in [0.15, 0.2) is 5.82 Å². The summed E-state index contributed by atoms with van der Waals surface area (Å²) in [6, 6.07) is 6.18. The molecule has 2 atom stereocenters. The molecule has 0 bridgehead atoms. The van der Waals surface area contributed by atoms with Gasteiger partial charge in [0.2, 0.25) is 5.89 Å². The largest absolute Gasteiger partial charge is 0.392 e. The van der Waals surface area contributed by atoms with Crippen LogP contribution in [0.5, 0.6) is 0 Å². The fraction of sp³-hybridized carbons (Fsp3) is 0.400. The molecule has 1 aliphatic rings. The van der Waals surface area contributed by atoms with E-state index in [0.29, 0.717) is 24.7 Å². The van der Waals surface area contributed by atoms with Crippen molar-refractivity contribution in [3.05, 3.63) is 41.7 Å². The van der Waals surface area contributed by atoms with Gasteiger partial charge in [-0.2, -0.15) is 10.1 Å². The van der Waals surface area contributed by atoms with Gasteiger partial charge in [0.1, 0.15) is 0 Å². The van der Waals surface area contributed by atoms with E-state index in [1.165, 1.54) is 0 Å². The number of nitrogens with zero attached hydrogens (tertiary/aromatic N) is 4. The van der Waals surface area contributed by atoms with Crippen LogP contribution >= 0.6 is 0 Å². The summed E-state index contributed by atoms with van der Waals surface area (Å²) in [6.07, 6.45) is 2.06. The molecule has 7 heteroatoms. The number of benzene rings is 1. The molecular weight excluding hydrogens is 282 g/mol. The van der Waals surface area contributed by atoms with Crippen molar-refractivity contribution >= 4 is 10.9 Å². The van der Waals surface area contributed by atoms with Crippen LogP contribution < -0.4 is 0 Å². The number of nitrogens with one attached hydrogen (secondary N) is 1. The SMILES string of the molecule is Cc1noc([C@H]2C[C@@H](O)CN2Cc2ccc3cn[nH]c3c2)n1. The van der Waals surface area contributed by atoms with Gasteiger partial charge in [-0.25, -0.2) is 0 Å². The fourth-order valence-electron chi connectivity index (χ4n) is 3.08. The maximum absolute atomic E-state index is 10.0. The van der Waals surface area contributed by atoms with Gasteiger partial charge in [-0.15, -0.1) is 0 Å². The van der Waals surface area contributed by atoms with Gasteiger partial charge in [-0.05, 0) is 25.0 Å². The minimum Gasteiger partial charge on any atom is -0.392 e. The molecule has 1 fully saturated rings. The van der Waals surface area contributed by atoms with E-state index in [-0.39, 0.29) is 12.1 Å². The number of aliphatic hydroxyl groups is 1. The fourth-order valence-corrected chi connectivity index (χ4v) is 3.08. The van der Waals surface area contributed by atoms with E-state index in [9.17, 15) is 5.11 Å². The zero-order valence-corrected chi connectivity index (χ0v) is 12.2. The van der Waals surface area contributed by atoms with E-state index in [2.05, 4.69) is 37.4 Å². The molecule has 1 aliphatic heterocycles. The highest BCUT2D eigenvalue weighted by Gasteiger charge is 2.35. The second kappa shape index (κ2) is 5.19. The summed E-state index contributed by atoms with van der Waals surface area (Å²) in [5.74, 6) is 1.20. The maximum Gasteiger partial charge on any atom is 0.244 e. The Kier molecular flexibility index (Phi) is 3.16. The summed E-state index contributed by atoms with van der Waals surface area (Å²) in [4.78, 5) is 6.49. The van der Waals surface area contributed by atoms with Crippen molar-refractivity contribution in [3.8, 4) is 0 Å². The summed E-state index contributed by atoms with van der Waals surface area (Å²) in [7, 11) is 0. The number of hydrogen-bond acceptors (Lipinski definition) is 6. The first kappa shape index (κ1) is 13.4. The summed E-state index contributed by atoms with van der Waals surface area (Å²) < 4.78 is 5.29. The Morgan fingerprint density at radius 1 is 1.45 bits per heavy atom. The molecule has 3 heterocycles. The topological polar surface area (TPSA) is 91.1 Å². The molecule has 7 nitrogen and oxygen atoms in total. The Morgan fingerprint density at radius 3 is 3.18 bits per heavy atom. The van der Waals surface area contributed by atoms with Crippen LogP contribution in [0.25, 0.3) is 10.9 Å². The number of β-amino-alcohol motifs (C(OH)–C–C–N with tert-alkyl or cyclic N) is 1. The minimum absolute atomic E-state index is 0.0336. The smallest absolute Gasteiger partial charge is 0.244 e. The van der Waals surface area contributed by atoms with Crippen LogP contribution in [-0.2, 0) is 6.54 Å². The third-order valence-corrected chi connectivity index (χ3v) is 4.10. The molecular formula is C15H17N5O2. The molecule has 3 aromatic rings. The number of fused-ring (bicyclic) bond motifs is 1. The lowest BCUT2D eigenvalue weighted by molar-refractivity contribution is 0.169. The Balaban J connectivity index is 1.59. The minimum atomic E-state index is -0.368. The molecule has 1 saturated heterocycles. The molecule has 0 aliphatic carbocycles. The van der Waals surface area contributed by atoms with Gasteiger partial charge in [-0.1, -0.05) is 17.3 Å². The zero-order chi connectivity index (χ0) is 15.1. The van der Waals surface area contributed by atoms with E-state index < -0.39 is 0 Å². The Bertz CT molecular complexity index is 796. The third-order valence-electron chi connectivity index (χ3n) is 4.10. The number of aromatic amines is 1. The summed E-state index contributed by atoms with van der Waals surface area (Å²) in [5, 5.41) is 22.0. The number of rotatable bonds is 3. The van der Waals surface area contributed by atoms with Crippen molar-refractivity contribution in [2.75, 3.05) is 6.54 Å². The third kappa shape index (κ3) is 2.38. The molecule has 0 radical (unpaired) electrons. The highest BCUT2D eigenvalue weighted by molar-refractivity contribution is 5.78. The van der Waals surface area contributed by atoms with Crippen LogP contribution in [0.3, 0.4) is 0 Å². The number of aryl methyl sites for hydroxylation is 1. The van der Waals surface area contributed by atoms with Gasteiger partial charge >= 0.3 is 0 Å². The molecule has 0 spiro atoms. The predicted molar refractivity (Wildman–Crippen MR) is 78.9 cm³/mol. The average molecular weight is 299 g/mol. The summed E-state index contributed by atoms with van der Waals surface area (Å²) >= 11 is 0. The summed E-state index contributed by atoms with van der Waals surface area (Å²) in [6.45, 7) is 3.13. The number of aromatic nitrogens is 4. The van der Waals surface area contributed by atoms with Crippen LogP contribution in [0.2, 0.25) is 0 Å². The first-order chi connectivity index (χ1) is 10.7. The monoisotopic (exact) mass is 299 g/mol. The molecule has 0 saturated carbocycles. The number of aliphatic hydroxyl groups excluding tert-OH is 1. The lowest BCUT2D eigenvalue weighted by atomic mass is 10.1. The average Bonchev–Trinajstić information content (AvgIpc) is 3.18. The number of H-pyrrole nitrogens is 1. The van der Waals surface area contributed by atoms with Crippen LogP contribution in [0.15, 0.2) is 28.9 Å². The Labute approximate surface area is 126 Å². The lowest BCUT2D eigenvalue weighted by Crippen LogP contribution is -2.24. The molecule has 114 valence electrons. The molecule has 0 unspecified atom stereocenters. The maximum atomic E-state index is 10.0. The van der Waals surface area contributed by atoms with E-state index in [1.54, 1.807) is 6.92 Å². The predicted octanol–water partition coefficient (Wildman–Crippen LogP) is 1.56. The van der Waals surface area contributed by atoms with E-state index in [1.807, 2.05) is 12.3 Å². The van der Waals surface area contributed by atoms with Gasteiger partial charge in [-0.3, -0.25) is 10.00 Å². The molecule has 22 heavy (non-hydrogen) atoms. The van der Waals surface area contributed by atoms with Crippen molar-refractivity contribution in [3.63, 3.8) is 0 Å². The Hall–Kier alpha value is -2.25. The molecule has 1 aromatic carbocycles. The van der Waals surface area contributed by atoms with Crippen LogP contribution in [0, 0.1) is 6.92 Å². The van der Waals surface area contributed by atoms with Crippen LogP contribution in [0.4, 0.5) is 0 Å². The zero-order valence-electron chi connectivity index (χ0n) is 12.2. The van der Waals surface area contributed by atoms with Gasteiger partial charge in [0, 0.05) is 18.5 Å². The van der Waals surface area contributed by atoms with Crippen molar-refractivity contribution in [2.45, 2.75) is 32.0 Å². The molecule has 4 rings (SSSR count). The standard InChI is InChI=1S/C15H17N5O2/c1-9-17-15(22-19-9)14-5-12(21)8-20(14)7-10-2-3-11-6-16-18-13(11)4-10/h2-4,6,12,14,21H,5,7-8H2,1H3,(H,16,18)/t12-,14-/m1/s1. The van der Waals surface area contributed by atoms with Gasteiger partial charge in [0.25, 0.3) is 0 Å². The number of hydrogen-bond donors (Lipinski definition) is 2. The highest BCUT2D eigenvalue weighted by Crippen LogP contribution is 2.32. The van der Waals surface area contributed by atoms with Crippen LogP contribution in [-0.4, -0.2) is 43.0 Å². The van der Waals surface area contributed by atoms with Crippen molar-refractivity contribution in [1.29, 1.82) is 0 Å². The van der Waals surface area contributed by atoms with Crippen LogP contribution in [0.1, 0.15) is 29.7 Å². The molecule has 2 N–H and O–H groups in total. The lowest BCUT2D eigenvalue weighted by Gasteiger charge is -2.21. The van der Waals surface area contributed by atoms with Gasteiger partial charge < -0.3 is 9.63 Å². The number of likely N-dealkylation sites (tertiary alicyclic amines) is 1. The van der Waals surface area contributed by atoms with Crippen molar-refractivity contribution in [1.82, 2.24) is 25.2 Å². The second-order valence-corrected chi connectivity index (χ2v) is 5.81. The second-order valence-electron chi connectivity index (χ2n) is 5.81. The van der Waals surface area contributed by atoms with E-state index in [4.69, 9.17) is 4.52 Å². The summed E-state index contributed by atoms with van der Waals surface area (Å²) in [5.41, 5.74) is 2.18.